The van der Waals surface area contributed by atoms with Crippen LogP contribution < -0.4 is 9.47 Å². The average molecular weight is 455 g/mol. The zero-order chi connectivity index (χ0) is 22.7. The molecule has 0 aliphatic carbocycles. The van der Waals surface area contributed by atoms with Gasteiger partial charge < -0.3 is 18.4 Å². The van der Waals surface area contributed by atoms with E-state index in [1.54, 1.807) is 18.2 Å². The summed E-state index contributed by atoms with van der Waals surface area (Å²) in [6, 6.07) is 15.5. The highest BCUT2D eigenvalue weighted by Crippen LogP contribution is 2.31. The molecule has 0 bridgehead atoms. The molecule has 0 radical (unpaired) electrons. The van der Waals surface area contributed by atoms with Crippen molar-refractivity contribution in [2.75, 3.05) is 14.2 Å². The summed E-state index contributed by atoms with van der Waals surface area (Å²) < 4.78 is 47.0. The van der Waals surface area contributed by atoms with Crippen molar-refractivity contribution in [3.63, 3.8) is 0 Å². The standard InChI is InChI=1S/C23H22N2O6S/c1-4-15-5-7-16(8-6-15)22-24-23(31-25-22)20-11-9-17(30-20)14-32(26,27)18-10-12-19(28-2)21(13-18)29-3/h5-13H,4,14H2,1-3H3. The summed E-state index contributed by atoms with van der Waals surface area (Å²) in [5.41, 5.74) is 2.03. The number of sulfone groups is 1. The Kier molecular flexibility index (Phi) is 6.00. The van der Waals surface area contributed by atoms with Crippen LogP contribution in [-0.4, -0.2) is 32.8 Å². The van der Waals surface area contributed by atoms with E-state index in [0.717, 1.165) is 12.0 Å². The summed E-state index contributed by atoms with van der Waals surface area (Å²) in [5, 5.41) is 4.00. The first-order valence-electron chi connectivity index (χ1n) is 9.90. The fraction of sp³-hybridized carbons (Fsp3) is 0.217. The molecule has 0 N–H and O–H groups in total. The molecule has 0 unspecified atom stereocenters. The van der Waals surface area contributed by atoms with Crippen LogP contribution in [0.1, 0.15) is 18.2 Å². The summed E-state index contributed by atoms with van der Waals surface area (Å²) in [7, 11) is -0.746. The maximum Gasteiger partial charge on any atom is 0.293 e. The van der Waals surface area contributed by atoms with Crippen LogP contribution in [0.4, 0.5) is 0 Å². The second kappa shape index (κ2) is 8.88. The highest BCUT2D eigenvalue weighted by atomic mass is 32.2. The lowest BCUT2D eigenvalue weighted by atomic mass is 10.1. The van der Waals surface area contributed by atoms with E-state index in [2.05, 4.69) is 17.1 Å². The molecule has 32 heavy (non-hydrogen) atoms. The van der Waals surface area contributed by atoms with Crippen molar-refractivity contribution in [3.05, 3.63) is 65.9 Å². The molecule has 2 aromatic heterocycles. The zero-order valence-corrected chi connectivity index (χ0v) is 18.7. The number of aromatic nitrogens is 2. The van der Waals surface area contributed by atoms with Gasteiger partial charge in [-0.1, -0.05) is 36.3 Å². The summed E-state index contributed by atoms with van der Waals surface area (Å²) in [6.45, 7) is 2.08. The van der Waals surface area contributed by atoms with E-state index in [9.17, 15) is 8.42 Å². The minimum absolute atomic E-state index is 0.101. The van der Waals surface area contributed by atoms with Crippen molar-refractivity contribution in [1.82, 2.24) is 10.1 Å². The largest absolute Gasteiger partial charge is 0.493 e. The zero-order valence-electron chi connectivity index (χ0n) is 17.9. The Morgan fingerprint density at radius 1 is 0.938 bits per heavy atom. The normalized spacial score (nSPS) is 11.5. The van der Waals surface area contributed by atoms with Crippen LogP contribution in [0.15, 0.2) is 68.4 Å². The third-order valence-electron chi connectivity index (χ3n) is 4.97. The molecule has 0 spiro atoms. The topological polar surface area (TPSA) is 105 Å². The van der Waals surface area contributed by atoms with E-state index < -0.39 is 9.84 Å². The Balaban J connectivity index is 1.53. The molecular formula is C23H22N2O6S. The average Bonchev–Trinajstić information content (AvgIpc) is 3.48. The number of hydrogen-bond acceptors (Lipinski definition) is 8. The minimum Gasteiger partial charge on any atom is -0.493 e. The van der Waals surface area contributed by atoms with Crippen molar-refractivity contribution in [1.29, 1.82) is 0 Å². The fourth-order valence-corrected chi connectivity index (χ4v) is 4.44. The highest BCUT2D eigenvalue weighted by molar-refractivity contribution is 7.90. The lowest BCUT2D eigenvalue weighted by Gasteiger charge is -2.09. The van der Waals surface area contributed by atoms with Gasteiger partial charge in [-0.3, -0.25) is 0 Å². The van der Waals surface area contributed by atoms with Gasteiger partial charge in [0.25, 0.3) is 5.89 Å². The summed E-state index contributed by atoms with van der Waals surface area (Å²) in [5.74, 6) is 1.60. The van der Waals surface area contributed by atoms with Crippen LogP contribution in [0.2, 0.25) is 0 Å². The van der Waals surface area contributed by atoms with E-state index in [0.29, 0.717) is 23.1 Å². The van der Waals surface area contributed by atoms with Crippen molar-refractivity contribution in [2.24, 2.45) is 0 Å². The number of nitrogens with zero attached hydrogens (tertiary/aromatic N) is 2. The summed E-state index contributed by atoms with van der Waals surface area (Å²) >= 11 is 0. The van der Waals surface area contributed by atoms with E-state index in [1.165, 1.54) is 31.9 Å². The van der Waals surface area contributed by atoms with Crippen molar-refractivity contribution in [3.8, 4) is 34.5 Å². The Bertz CT molecular complexity index is 1320. The van der Waals surface area contributed by atoms with Crippen molar-refractivity contribution >= 4 is 9.84 Å². The fourth-order valence-electron chi connectivity index (χ4n) is 3.18. The molecule has 166 valence electrons. The van der Waals surface area contributed by atoms with Gasteiger partial charge in [0.1, 0.15) is 11.5 Å². The first-order chi connectivity index (χ1) is 15.4. The number of methoxy groups -OCH3 is 2. The molecule has 4 rings (SSSR count). The molecule has 0 aliphatic heterocycles. The first-order valence-corrected chi connectivity index (χ1v) is 11.6. The van der Waals surface area contributed by atoms with Gasteiger partial charge in [-0.05, 0) is 36.2 Å². The Labute approximate surface area is 185 Å². The predicted molar refractivity (Wildman–Crippen MR) is 117 cm³/mol. The van der Waals surface area contributed by atoms with Crippen molar-refractivity contribution < 1.29 is 26.8 Å². The van der Waals surface area contributed by atoms with Gasteiger partial charge in [-0.25, -0.2) is 8.42 Å². The molecule has 2 heterocycles. The van der Waals surface area contributed by atoms with E-state index >= 15 is 0 Å². The first kappa shape index (κ1) is 21.6. The van der Waals surface area contributed by atoms with Crippen LogP contribution in [0.3, 0.4) is 0 Å². The van der Waals surface area contributed by atoms with Gasteiger partial charge in [-0.2, -0.15) is 4.98 Å². The van der Waals surface area contributed by atoms with Crippen LogP contribution in [0, 0.1) is 0 Å². The summed E-state index contributed by atoms with van der Waals surface area (Å²) in [4.78, 5) is 4.47. The number of rotatable bonds is 8. The number of benzene rings is 2. The molecule has 0 fully saturated rings. The second-order valence-corrected chi connectivity index (χ2v) is 9.01. The van der Waals surface area contributed by atoms with Crippen LogP contribution in [0.25, 0.3) is 23.0 Å². The van der Waals surface area contributed by atoms with Crippen molar-refractivity contribution in [2.45, 2.75) is 24.0 Å². The Hall–Kier alpha value is -3.59. The number of furan rings is 1. The lowest BCUT2D eigenvalue weighted by Crippen LogP contribution is -2.05. The van der Waals surface area contributed by atoms with E-state index in [1.807, 2.05) is 24.3 Å². The third kappa shape index (κ3) is 4.38. The van der Waals surface area contributed by atoms with Gasteiger partial charge in [0.2, 0.25) is 5.82 Å². The maximum atomic E-state index is 12.8. The number of hydrogen-bond donors (Lipinski definition) is 0. The third-order valence-corrected chi connectivity index (χ3v) is 6.60. The number of aryl methyl sites for hydroxylation is 1. The van der Waals surface area contributed by atoms with Gasteiger partial charge in [0.15, 0.2) is 27.1 Å². The van der Waals surface area contributed by atoms with E-state index in [4.69, 9.17) is 18.4 Å². The van der Waals surface area contributed by atoms with Gasteiger partial charge in [0, 0.05) is 11.6 Å². The molecule has 0 amide bonds. The SMILES string of the molecule is CCc1ccc(-c2noc(-c3ccc(CS(=O)(=O)c4ccc(OC)c(OC)c4)o3)n2)cc1. The lowest BCUT2D eigenvalue weighted by molar-refractivity contribution is 0.354. The van der Waals surface area contributed by atoms with Gasteiger partial charge in [-0.15, -0.1) is 0 Å². The highest BCUT2D eigenvalue weighted by Gasteiger charge is 2.21. The number of ether oxygens (including phenoxy) is 2. The quantitative estimate of drug-likeness (QED) is 0.382. The Morgan fingerprint density at radius 3 is 2.38 bits per heavy atom. The van der Waals surface area contributed by atoms with Crippen LogP contribution >= 0.6 is 0 Å². The van der Waals surface area contributed by atoms with E-state index in [-0.39, 0.29) is 22.3 Å². The summed E-state index contributed by atoms with van der Waals surface area (Å²) in [6.07, 6.45) is 0.944. The molecule has 9 heteroatoms. The minimum atomic E-state index is -3.68. The molecule has 8 nitrogen and oxygen atoms in total. The molecule has 0 saturated heterocycles. The molecule has 0 saturated carbocycles. The molecule has 2 aromatic carbocycles. The molecular weight excluding hydrogens is 432 g/mol. The second-order valence-electron chi connectivity index (χ2n) is 7.02. The molecule has 0 aliphatic rings. The monoisotopic (exact) mass is 454 g/mol. The Morgan fingerprint density at radius 2 is 1.69 bits per heavy atom. The predicted octanol–water partition coefficient (Wildman–Crippen LogP) is 4.55. The van der Waals surface area contributed by atoms with Crippen LogP contribution in [0.5, 0.6) is 11.5 Å². The smallest absolute Gasteiger partial charge is 0.293 e. The van der Waals surface area contributed by atoms with Gasteiger partial charge in [0.05, 0.1) is 19.1 Å². The van der Waals surface area contributed by atoms with Gasteiger partial charge >= 0.3 is 0 Å². The maximum absolute atomic E-state index is 12.8. The molecule has 4 aromatic rings. The molecule has 0 atom stereocenters. The van der Waals surface area contributed by atoms with Crippen LogP contribution in [-0.2, 0) is 22.0 Å².